The van der Waals surface area contributed by atoms with Crippen LogP contribution in [-0.2, 0) is 4.57 Å². The lowest BCUT2D eigenvalue weighted by molar-refractivity contribution is 0.208. The molecule has 2 aromatic rings. The number of hydrogen-bond acceptors (Lipinski definition) is 3. The van der Waals surface area contributed by atoms with Gasteiger partial charge in [-0.3, -0.25) is 4.57 Å². The first-order chi connectivity index (χ1) is 15.5. The average Bonchev–Trinajstić information content (AvgIpc) is 2.80. The quantitative estimate of drug-likeness (QED) is 0.194. The SMILES string of the molecule is CCCCC[C@@H](C)Oc1cccc(-c2cccc(O[C@H](C)CC)c2PCCCC)c1P=O. The topological polar surface area (TPSA) is 35.5 Å². The molecule has 0 heterocycles. The number of unbranched alkanes of at least 4 members (excludes halogenated alkanes) is 3. The number of ether oxygens (including phenoxy) is 2. The van der Waals surface area contributed by atoms with Crippen LogP contribution in [0.4, 0.5) is 0 Å². The van der Waals surface area contributed by atoms with E-state index in [2.05, 4.69) is 52.8 Å². The molecule has 0 saturated heterocycles. The molecule has 1 unspecified atom stereocenters. The van der Waals surface area contributed by atoms with E-state index in [1.54, 1.807) is 0 Å². The molecule has 0 spiro atoms. The molecule has 176 valence electrons. The Balaban J connectivity index is 2.44. The van der Waals surface area contributed by atoms with Gasteiger partial charge in [0.1, 0.15) is 11.5 Å². The highest BCUT2D eigenvalue weighted by molar-refractivity contribution is 7.48. The normalized spacial score (nSPS) is 13.5. The molecule has 0 aliphatic heterocycles. The summed E-state index contributed by atoms with van der Waals surface area (Å²) in [6, 6.07) is 12.3. The van der Waals surface area contributed by atoms with Crippen molar-refractivity contribution in [3.8, 4) is 22.6 Å². The van der Waals surface area contributed by atoms with E-state index in [1.807, 2.05) is 18.2 Å². The van der Waals surface area contributed by atoms with E-state index < -0.39 is 0 Å². The van der Waals surface area contributed by atoms with Gasteiger partial charge in [0, 0.05) is 10.9 Å². The summed E-state index contributed by atoms with van der Waals surface area (Å²) in [5.41, 5.74) is 2.09. The summed E-state index contributed by atoms with van der Waals surface area (Å²) in [6.45, 7) is 10.8. The first-order valence-corrected chi connectivity index (χ1v) is 14.2. The lowest BCUT2D eigenvalue weighted by Gasteiger charge is -2.21. The van der Waals surface area contributed by atoms with E-state index in [4.69, 9.17) is 9.47 Å². The Labute approximate surface area is 198 Å². The third-order valence-corrected chi connectivity index (χ3v) is 7.80. The Kier molecular flexibility index (Phi) is 12.3. The van der Waals surface area contributed by atoms with Crippen LogP contribution in [0.15, 0.2) is 36.4 Å². The average molecular weight is 475 g/mol. The van der Waals surface area contributed by atoms with Gasteiger partial charge in [-0.2, -0.15) is 0 Å². The molecule has 0 saturated carbocycles. The minimum Gasteiger partial charge on any atom is -0.490 e. The molecule has 3 atom stereocenters. The molecule has 2 aromatic carbocycles. The summed E-state index contributed by atoms with van der Waals surface area (Å²) in [5.74, 6) is 1.68. The van der Waals surface area contributed by atoms with E-state index in [0.717, 1.165) is 53.4 Å². The van der Waals surface area contributed by atoms with Gasteiger partial charge >= 0.3 is 0 Å². The summed E-state index contributed by atoms with van der Waals surface area (Å²) >= 11 is 0. The molecule has 0 bridgehead atoms. The number of benzene rings is 2. The first kappa shape index (κ1) is 26.8. The van der Waals surface area contributed by atoms with Crippen LogP contribution in [0.25, 0.3) is 11.1 Å². The van der Waals surface area contributed by atoms with Crippen LogP contribution in [0, 0.1) is 0 Å². The lowest BCUT2D eigenvalue weighted by Crippen LogP contribution is -2.18. The Hall–Kier alpha value is -1.43. The van der Waals surface area contributed by atoms with Gasteiger partial charge in [0.15, 0.2) is 8.46 Å². The Morgan fingerprint density at radius 1 is 0.844 bits per heavy atom. The summed E-state index contributed by atoms with van der Waals surface area (Å²) in [4.78, 5) is 0. The molecule has 0 radical (unpaired) electrons. The van der Waals surface area contributed by atoms with Gasteiger partial charge in [0.2, 0.25) is 0 Å². The zero-order chi connectivity index (χ0) is 23.3. The second kappa shape index (κ2) is 14.7. The zero-order valence-corrected chi connectivity index (χ0v) is 22.3. The minimum atomic E-state index is -0.0151. The molecule has 32 heavy (non-hydrogen) atoms. The van der Waals surface area contributed by atoms with Crippen molar-refractivity contribution < 1.29 is 14.0 Å². The van der Waals surface area contributed by atoms with Gasteiger partial charge in [-0.25, -0.2) is 0 Å². The second-order valence-electron chi connectivity index (χ2n) is 8.46. The third-order valence-electron chi connectivity index (χ3n) is 5.68. The van der Waals surface area contributed by atoms with E-state index in [0.29, 0.717) is 8.58 Å². The van der Waals surface area contributed by atoms with Gasteiger partial charge in [-0.1, -0.05) is 72.9 Å². The Morgan fingerprint density at radius 3 is 2.16 bits per heavy atom. The summed E-state index contributed by atoms with van der Waals surface area (Å²) in [6.07, 6.45) is 9.31. The van der Waals surface area contributed by atoms with Crippen LogP contribution < -0.4 is 20.1 Å². The molecule has 3 nitrogen and oxygen atoms in total. The van der Waals surface area contributed by atoms with Crippen LogP contribution >= 0.6 is 17.0 Å². The molecule has 0 aliphatic rings. The highest BCUT2D eigenvalue weighted by Gasteiger charge is 2.19. The maximum absolute atomic E-state index is 12.3. The van der Waals surface area contributed by atoms with E-state index in [9.17, 15) is 4.57 Å². The molecular formula is C27H40O3P2. The number of rotatable bonds is 15. The van der Waals surface area contributed by atoms with Crippen LogP contribution in [0.1, 0.15) is 79.6 Å². The van der Waals surface area contributed by atoms with Gasteiger partial charge < -0.3 is 9.47 Å². The van der Waals surface area contributed by atoms with Crippen molar-refractivity contribution in [3.63, 3.8) is 0 Å². The van der Waals surface area contributed by atoms with Gasteiger partial charge in [0.05, 0.1) is 17.5 Å². The zero-order valence-electron chi connectivity index (χ0n) is 20.4. The molecule has 5 heteroatoms. The van der Waals surface area contributed by atoms with Gasteiger partial charge in [-0.05, 0) is 63.4 Å². The highest BCUT2D eigenvalue weighted by Crippen LogP contribution is 2.33. The van der Waals surface area contributed by atoms with Crippen molar-refractivity contribution in [2.45, 2.75) is 91.8 Å². The van der Waals surface area contributed by atoms with Gasteiger partial charge in [-0.15, -0.1) is 0 Å². The molecule has 0 fully saturated rings. The Bertz CT molecular complexity index is 838. The summed E-state index contributed by atoms with van der Waals surface area (Å²) in [7, 11) is 0.640. The number of hydrogen-bond donors (Lipinski definition) is 0. The third kappa shape index (κ3) is 7.86. The largest absolute Gasteiger partial charge is 0.490 e. The molecule has 2 rings (SSSR count). The summed E-state index contributed by atoms with van der Waals surface area (Å²) in [5, 5.41) is 1.97. The summed E-state index contributed by atoms with van der Waals surface area (Å²) < 4.78 is 24.9. The standard InChI is InChI=1S/C27H40O3P2/c1-6-9-11-14-21(5)30-25-18-13-16-23(27(25)32-28)22-15-12-17-24(29-20(4)8-3)26(22)31-19-10-7-2/h12-13,15-18,20-21,31H,6-11,14,19H2,1-5H3/t20-,21-/m1/s1. The molecular weight excluding hydrogens is 434 g/mol. The van der Waals surface area contributed by atoms with Crippen molar-refractivity contribution in [1.29, 1.82) is 0 Å². The fourth-order valence-electron chi connectivity index (χ4n) is 3.61. The predicted molar refractivity (Wildman–Crippen MR) is 141 cm³/mol. The second-order valence-corrected chi connectivity index (χ2v) is 10.4. The van der Waals surface area contributed by atoms with Gasteiger partial charge in [0.25, 0.3) is 0 Å². The van der Waals surface area contributed by atoms with E-state index in [-0.39, 0.29) is 20.7 Å². The van der Waals surface area contributed by atoms with Crippen molar-refractivity contribution in [2.24, 2.45) is 0 Å². The van der Waals surface area contributed by atoms with E-state index in [1.165, 1.54) is 31.0 Å². The maximum atomic E-state index is 12.3. The predicted octanol–water partition coefficient (Wildman–Crippen LogP) is 7.90. The molecule has 0 aliphatic carbocycles. The smallest absolute Gasteiger partial charge is 0.196 e. The fourth-order valence-corrected chi connectivity index (χ4v) is 5.63. The minimum absolute atomic E-state index is 0.0151. The van der Waals surface area contributed by atoms with Crippen LogP contribution in [0.5, 0.6) is 11.5 Å². The molecule has 0 aromatic heterocycles. The van der Waals surface area contributed by atoms with Crippen molar-refractivity contribution >= 4 is 27.6 Å². The Morgan fingerprint density at radius 2 is 1.50 bits per heavy atom. The van der Waals surface area contributed by atoms with Crippen LogP contribution in [0.2, 0.25) is 0 Å². The molecule has 0 N–H and O–H groups in total. The fraction of sp³-hybridized carbons (Fsp3) is 0.556. The lowest BCUT2D eigenvalue weighted by atomic mass is 10.0. The van der Waals surface area contributed by atoms with Crippen LogP contribution in [0.3, 0.4) is 0 Å². The van der Waals surface area contributed by atoms with Crippen molar-refractivity contribution in [2.75, 3.05) is 6.16 Å². The first-order valence-electron chi connectivity index (χ1n) is 12.2. The molecule has 0 amide bonds. The van der Waals surface area contributed by atoms with Crippen molar-refractivity contribution in [1.82, 2.24) is 0 Å². The monoisotopic (exact) mass is 474 g/mol. The van der Waals surface area contributed by atoms with Crippen molar-refractivity contribution in [3.05, 3.63) is 36.4 Å². The van der Waals surface area contributed by atoms with E-state index >= 15 is 0 Å². The maximum Gasteiger partial charge on any atom is 0.196 e. The highest BCUT2D eigenvalue weighted by atomic mass is 31.1. The van der Waals surface area contributed by atoms with Crippen LogP contribution in [-0.4, -0.2) is 18.4 Å².